The van der Waals surface area contributed by atoms with Crippen molar-refractivity contribution in [2.45, 2.75) is 17.3 Å². The maximum atomic E-state index is 12.3. The van der Waals surface area contributed by atoms with Crippen LogP contribution >= 0.6 is 0 Å². The van der Waals surface area contributed by atoms with E-state index in [0.29, 0.717) is 16.7 Å². The van der Waals surface area contributed by atoms with Crippen LogP contribution in [0.3, 0.4) is 0 Å². The molecular formula is C18H16O6S. The highest BCUT2D eigenvalue weighted by Crippen LogP contribution is 2.21. The van der Waals surface area contributed by atoms with Gasteiger partial charge in [-0.2, -0.15) is 0 Å². The Hall–Kier alpha value is -2.64. The van der Waals surface area contributed by atoms with Gasteiger partial charge >= 0.3 is 5.63 Å². The second-order valence-electron chi connectivity index (χ2n) is 5.58. The molecule has 0 saturated carbocycles. The molecule has 1 unspecified atom stereocenters. The van der Waals surface area contributed by atoms with Crippen LogP contribution in [0.1, 0.15) is 5.56 Å². The maximum Gasteiger partial charge on any atom is 0.336 e. The predicted molar refractivity (Wildman–Crippen MR) is 92.4 cm³/mol. The number of aryl methyl sites for hydroxylation is 1. The van der Waals surface area contributed by atoms with Crippen molar-refractivity contribution < 1.29 is 22.7 Å². The van der Waals surface area contributed by atoms with Crippen LogP contribution in [-0.2, 0) is 9.84 Å². The molecule has 0 aliphatic carbocycles. The lowest BCUT2D eigenvalue weighted by Gasteiger charge is -2.14. The van der Waals surface area contributed by atoms with Crippen LogP contribution in [0.2, 0.25) is 0 Å². The summed E-state index contributed by atoms with van der Waals surface area (Å²) in [5, 5.41) is 10.7. The van der Waals surface area contributed by atoms with Crippen LogP contribution in [0.25, 0.3) is 11.0 Å². The van der Waals surface area contributed by atoms with E-state index < -0.39 is 27.5 Å². The van der Waals surface area contributed by atoms with Gasteiger partial charge in [0.2, 0.25) is 9.84 Å². The molecule has 7 heteroatoms. The zero-order valence-electron chi connectivity index (χ0n) is 13.4. The molecule has 1 heterocycles. The van der Waals surface area contributed by atoms with E-state index >= 15 is 0 Å². The summed E-state index contributed by atoms with van der Waals surface area (Å²) in [5.41, 5.74) is -0.969. The summed E-state index contributed by atoms with van der Waals surface area (Å²) in [7, 11) is -3.92. The average molecular weight is 360 g/mol. The molecule has 0 radical (unpaired) electrons. The van der Waals surface area contributed by atoms with Gasteiger partial charge in [-0.1, -0.05) is 17.7 Å². The van der Waals surface area contributed by atoms with Gasteiger partial charge in [0, 0.05) is 17.5 Å². The summed E-state index contributed by atoms with van der Waals surface area (Å²) in [5.74, 6) is 0.292. The maximum absolute atomic E-state index is 12.3. The highest BCUT2D eigenvalue weighted by molar-refractivity contribution is 7.91. The number of aliphatic hydroxyl groups is 1. The van der Waals surface area contributed by atoms with Crippen molar-refractivity contribution in [3.8, 4) is 5.75 Å². The second-order valence-corrected chi connectivity index (χ2v) is 7.68. The summed E-state index contributed by atoms with van der Waals surface area (Å²) >= 11 is 0. The Morgan fingerprint density at radius 3 is 2.48 bits per heavy atom. The molecule has 0 spiro atoms. The normalized spacial score (nSPS) is 12.9. The van der Waals surface area contributed by atoms with Gasteiger partial charge < -0.3 is 14.3 Å². The van der Waals surface area contributed by atoms with Crippen molar-refractivity contribution in [1.82, 2.24) is 0 Å². The number of hydrogen-bond acceptors (Lipinski definition) is 6. The third kappa shape index (κ3) is 3.72. The molecule has 3 aromatic rings. The number of aliphatic hydroxyl groups excluding tert-OH is 1. The van der Waals surface area contributed by atoms with Crippen LogP contribution < -0.4 is 10.4 Å². The summed E-state index contributed by atoms with van der Waals surface area (Å²) in [6.45, 7) is 1.40. The molecule has 6 nitrogen and oxygen atoms in total. The van der Waals surface area contributed by atoms with E-state index in [1.165, 1.54) is 24.3 Å². The van der Waals surface area contributed by atoms with E-state index in [2.05, 4.69) is 0 Å². The van der Waals surface area contributed by atoms with E-state index in [4.69, 9.17) is 9.15 Å². The minimum atomic E-state index is -3.92. The van der Waals surface area contributed by atoms with E-state index in [-0.39, 0.29) is 4.90 Å². The molecule has 0 amide bonds. The lowest BCUT2D eigenvalue weighted by atomic mass is 10.2. The van der Waals surface area contributed by atoms with Crippen LogP contribution in [0.5, 0.6) is 5.75 Å². The average Bonchev–Trinajstić information content (AvgIpc) is 2.59. The lowest BCUT2D eigenvalue weighted by molar-refractivity contribution is 0.166. The van der Waals surface area contributed by atoms with E-state index in [1.54, 1.807) is 30.3 Å². The van der Waals surface area contributed by atoms with Crippen molar-refractivity contribution in [3.05, 3.63) is 70.6 Å². The fraction of sp³-hybridized carbons (Fsp3) is 0.167. The molecule has 0 bridgehead atoms. The molecule has 2 aromatic carbocycles. The first kappa shape index (κ1) is 17.2. The van der Waals surface area contributed by atoms with Crippen molar-refractivity contribution in [2.24, 2.45) is 0 Å². The number of sulfone groups is 1. The highest BCUT2D eigenvalue weighted by Gasteiger charge is 2.26. The molecular weight excluding hydrogens is 344 g/mol. The molecule has 1 atom stereocenters. The Morgan fingerprint density at radius 1 is 1.08 bits per heavy atom. The van der Waals surface area contributed by atoms with Crippen LogP contribution in [0.15, 0.2) is 68.7 Å². The second kappa shape index (κ2) is 6.70. The van der Waals surface area contributed by atoms with Gasteiger partial charge in [0.15, 0.2) is 5.44 Å². The van der Waals surface area contributed by atoms with E-state index in [1.807, 2.05) is 6.92 Å². The third-order valence-electron chi connectivity index (χ3n) is 3.69. The molecule has 0 fully saturated rings. The zero-order valence-corrected chi connectivity index (χ0v) is 14.2. The zero-order chi connectivity index (χ0) is 18.0. The fourth-order valence-corrected chi connectivity index (χ4v) is 3.35. The van der Waals surface area contributed by atoms with Gasteiger partial charge in [0.1, 0.15) is 17.9 Å². The molecule has 1 aromatic heterocycles. The Morgan fingerprint density at radius 2 is 1.76 bits per heavy atom. The number of ether oxygens (including phenoxy) is 1. The van der Waals surface area contributed by atoms with Crippen molar-refractivity contribution in [3.63, 3.8) is 0 Å². The Bertz CT molecular complexity index is 1050. The Balaban J connectivity index is 1.76. The number of rotatable bonds is 5. The van der Waals surface area contributed by atoms with E-state index in [9.17, 15) is 18.3 Å². The Labute approximate surface area is 144 Å². The summed E-state index contributed by atoms with van der Waals surface area (Å²) < 4.78 is 35.1. The van der Waals surface area contributed by atoms with Crippen molar-refractivity contribution in [2.75, 3.05) is 6.61 Å². The smallest absolute Gasteiger partial charge is 0.336 e. The molecule has 0 saturated heterocycles. The number of fused-ring (bicyclic) bond motifs is 1. The summed E-state index contributed by atoms with van der Waals surface area (Å²) in [6.07, 6.45) is 0. The van der Waals surface area contributed by atoms with Gasteiger partial charge in [-0.15, -0.1) is 0 Å². The molecule has 3 rings (SSSR count). The summed E-state index contributed by atoms with van der Waals surface area (Å²) in [6, 6.07) is 13.9. The largest absolute Gasteiger partial charge is 0.490 e. The number of hydrogen-bond donors (Lipinski definition) is 1. The SMILES string of the molecule is Cc1ccc(S(=O)(=O)C(O)COc2ccc3ccc(=O)oc3c2)cc1. The first-order valence-corrected chi connectivity index (χ1v) is 9.06. The predicted octanol–water partition coefficient (Wildman–Crippen LogP) is 2.27. The topological polar surface area (TPSA) is 93.8 Å². The first-order chi connectivity index (χ1) is 11.9. The molecule has 1 N–H and O–H groups in total. The molecule has 0 aliphatic heterocycles. The standard InChI is InChI=1S/C18H16O6S/c1-12-2-7-15(8-3-12)25(21,22)18(20)11-23-14-6-4-13-5-9-17(19)24-16(13)10-14/h2-10,18,20H,11H2,1H3. The van der Waals surface area contributed by atoms with Gasteiger partial charge in [-0.3, -0.25) is 0 Å². The quantitative estimate of drug-likeness (QED) is 0.702. The van der Waals surface area contributed by atoms with Gasteiger partial charge in [0.25, 0.3) is 0 Å². The van der Waals surface area contributed by atoms with Gasteiger partial charge in [-0.05, 0) is 37.3 Å². The summed E-state index contributed by atoms with van der Waals surface area (Å²) in [4.78, 5) is 11.3. The van der Waals surface area contributed by atoms with Gasteiger partial charge in [-0.25, -0.2) is 13.2 Å². The first-order valence-electron chi connectivity index (χ1n) is 7.51. The lowest BCUT2D eigenvalue weighted by Crippen LogP contribution is -2.27. The third-order valence-corrected chi connectivity index (χ3v) is 5.48. The highest BCUT2D eigenvalue weighted by atomic mass is 32.2. The fourth-order valence-electron chi connectivity index (χ4n) is 2.27. The van der Waals surface area contributed by atoms with Crippen LogP contribution in [0.4, 0.5) is 0 Å². The van der Waals surface area contributed by atoms with Gasteiger partial charge in [0.05, 0.1) is 4.90 Å². The van der Waals surface area contributed by atoms with E-state index in [0.717, 1.165) is 5.56 Å². The molecule has 130 valence electrons. The van der Waals surface area contributed by atoms with Crippen LogP contribution in [-0.4, -0.2) is 25.6 Å². The van der Waals surface area contributed by atoms with Crippen LogP contribution in [0, 0.1) is 6.92 Å². The number of benzene rings is 2. The minimum absolute atomic E-state index is 0.0266. The minimum Gasteiger partial charge on any atom is -0.490 e. The molecule has 0 aliphatic rings. The Kier molecular flexibility index (Phi) is 4.61. The van der Waals surface area contributed by atoms with Crippen molar-refractivity contribution >= 4 is 20.8 Å². The van der Waals surface area contributed by atoms with Crippen molar-refractivity contribution in [1.29, 1.82) is 0 Å². The monoisotopic (exact) mass is 360 g/mol. The molecule has 25 heavy (non-hydrogen) atoms.